The Bertz CT molecular complexity index is 250. The van der Waals surface area contributed by atoms with Crippen molar-refractivity contribution >= 4 is 0 Å². The molecule has 0 heterocycles. The summed E-state index contributed by atoms with van der Waals surface area (Å²) >= 11 is 0. The zero-order chi connectivity index (χ0) is 13.6. The third kappa shape index (κ3) is 5.38. The molecule has 0 saturated heterocycles. The Labute approximate surface area is 116 Å². The second-order valence-corrected chi connectivity index (χ2v) is 6.35. The maximum atomic E-state index is 9.89. The summed E-state index contributed by atoms with van der Waals surface area (Å²) in [7, 11) is 0. The molecule has 2 aliphatic carbocycles. The number of nitrogens with one attached hydrogen (secondary N) is 1. The summed E-state index contributed by atoms with van der Waals surface area (Å²) < 4.78 is 5.76. The molecule has 2 rings (SSSR count). The van der Waals surface area contributed by atoms with Crippen molar-refractivity contribution in [2.45, 2.75) is 63.6 Å². The van der Waals surface area contributed by atoms with Gasteiger partial charge in [-0.1, -0.05) is 19.3 Å². The summed E-state index contributed by atoms with van der Waals surface area (Å²) in [4.78, 5) is 0. The van der Waals surface area contributed by atoms with Gasteiger partial charge in [0, 0.05) is 19.7 Å². The van der Waals surface area contributed by atoms with Crippen molar-refractivity contribution in [1.29, 1.82) is 0 Å². The number of rotatable bonds is 9. The highest BCUT2D eigenvalue weighted by atomic mass is 16.5. The molecule has 2 saturated carbocycles. The largest absolute Gasteiger partial charge is 0.396 e. The van der Waals surface area contributed by atoms with E-state index in [4.69, 9.17) is 9.84 Å². The fourth-order valence-electron chi connectivity index (χ4n) is 2.97. The monoisotopic (exact) mass is 271 g/mol. The predicted molar refractivity (Wildman–Crippen MR) is 75.1 cm³/mol. The van der Waals surface area contributed by atoms with Crippen molar-refractivity contribution in [2.75, 3.05) is 26.3 Å². The fourth-order valence-corrected chi connectivity index (χ4v) is 2.97. The van der Waals surface area contributed by atoms with Crippen LogP contribution in [0.4, 0.5) is 0 Å². The molecule has 0 aromatic carbocycles. The summed E-state index contributed by atoms with van der Waals surface area (Å²) in [5, 5.41) is 22.2. The molecule has 0 amide bonds. The lowest BCUT2D eigenvalue weighted by Crippen LogP contribution is -2.35. The molecule has 0 aromatic heterocycles. The van der Waals surface area contributed by atoms with Crippen LogP contribution in [0.3, 0.4) is 0 Å². The average molecular weight is 271 g/mol. The Hall–Kier alpha value is -0.160. The van der Waals surface area contributed by atoms with Gasteiger partial charge < -0.3 is 20.3 Å². The van der Waals surface area contributed by atoms with Crippen LogP contribution < -0.4 is 5.32 Å². The van der Waals surface area contributed by atoms with Crippen LogP contribution in [-0.4, -0.2) is 48.7 Å². The normalized spacial score (nSPS) is 24.3. The predicted octanol–water partition coefficient (Wildman–Crippen LogP) is 1.45. The zero-order valence-corrected chi connectivity index (χ0v) is 11.9. The second kappa shape index (κ2) is 7.58. The van der Waals surface area contributed by atoms with E-state index in [2.05, 4.69) is 5.32 Å². The first kappa shape index (κ1) is 15.2. The minimum absolute atomic E-state index is 0.273. The molecule has 2 fully saturated rings. The number of aliphatic hydroxyl groups is 2. The lowest BCUT2D eigenvalue weighted by atomic mass is 9.98. The van der Waals surface area contributed by atoms with E-state index < -0.39 is 6.10 Å². The first-order chi connectivity index (χ1) is 9.24. The zero-order valence-electron chi connectivity index (χ0n) is 11.9. The van der Waals surface area contributed by atoms with E-state index in [1.807, 2.05) is 0 Å². The Morgan fingerprint density at radius 3 is 2.58 bits per heavy atom. The molecule has 19 heavy (non-hydrogen) atoms. The Kier molecular flexibility index (Phi) is 6.07. The molecule has 3 N–H and O–H groups in total. The van der Waals surface area contributed by atoms with Gasteiger partial charge in [-0.15, -0.1) is 0 Å². The van der Waals surface area contributed by atoms with E-state index in [1.165, 1.54) is 32.1 Å². The first-order valence-electron chi connectivity index (χ1n) is 7.85. The molecule has 0 aliphatic heterocycles. The summed E-state index contributed by atoms with van der Waals surface area (Å²) in [6.45, 7) is 2.23. The number of hydrogen-bond donors (Lipinski definition) is 3. The summed E-state index contributed by atoms with van der Waals surface area (Å²) in [6.07, 6.45) is 9.42. The molecule has 0 bridgehead atoms. The van der Waals surface area contributed by atoms with Gasteiger partial charge in [-0.3, -0.25) is 0 Å². The molecule has 0 spiro atoms. The minimum atomic E-state index is -0.410. The van der Waals surface area contributed by atoms with Gasteiger partial charge >= 0.3 is 0 Å². The number of ether oxygens (including phenoxy) is 1. The third-order valence-corrected chi connectivity index (χ3v) is 4.56. The van der Waals surface area contributed by atoms with Crippen LogP contribution in [0.25, 0.3) is 0 Å². The van der Waals surface area contributed by atoms with Gasteiger partial charge in [0.25, 0.3) is 0 Å². The van der Waals surface area contributed by atoms with Gasteiger partial charge in [-0.2, -0.15) is 0 Å². The molecule has 2 aliphatic rings. The lowest BCUT2D eigenvalue weighted by molar-refractivity contribution is -0.0232. The van der Waals surface area contributed by atoms with Gasteiger partial charge in [-0.05, 0) is 37.5 Å². The van der Waals surface area contributed by atoms with E-state index in [-0.39, 0.29) is 6.61 Å². The number of hydrogen-bond acceptors (Lipinski definition) is 4. The molecule has 0 aromatic rings. The Morgan fingerprint density at radius 2 is 1.95 bits per heavy atom. The van der Waals surface area contributed by atoms with Crippen molar-refractivity contribution in [3.05, 3.63) is 0 Å². The average Bonchev–Trinajstić information content (AvgIpc) is 3.18. The molecule has 112 valence electrons. The molecule has 1 atom stereocenters. The van der Waals surface area contributed by atoms with E-state index in [0.29, 0.717) is 24.7 Å². The van der Waals surface area contributed by atoms with Crippen LogP contribution in [0.1, 0.15) is 51.4 Å². The van der Waals surface area contributed by atoms with E-state index in [0.717, 1.165) is 25.8 Å². The van der Waals surface area contributed by atoms with Crippen molar-refractivity contribution in [1.82, 2.24) is 5.32 Å². The molecular formula is C15H29NO3. The van der Waals surface area contributed by atoms with Gasteiger partial charge in [-0.25, -0.2) is 0 Å². The van der Waals surface area contributed by atoms with Crippen molar-refractivity contribution in [3.8, 4) is 0 Å². The van der Waals surface area contributed by atoms with Crippen LogP contribution in [0, 0.1) is 5.41 Å². The van der Waals surface area contributed by atoms with E-state index in [9.17, 15) is 5.11 Å². The van der Waals surface area contributed by atoms with Crippen molar-refractivity contribution in [2.24, 2.45) is 5.41 Å². The summed E-state index contributed by atoms with van der Waals surface area (Å²) in [5.74, 6) is 0. The number of aliphatic hydroxyl groups excluding tert-OH is 2. The highest BCUT2D eigenvalue weighted by Gasteiger charge is 2.41. The Balaban J connectivity index is 1.51. The molecule has 0 radical (unpaired) electrons. The van der Waals surface area contributed by atoms with Crippen LogP contribution >= 0.6 is 0 Å². The maximum Gasteiger partial charge on any atom is 0.0897 e. The fraction of sp³-hybridized carbons (Fsp3) is 1.00. The topological polar surface area (TPSA) is 61.7 Å². The van der Waals surface area contributed by atoms with Crippen LogP contribution in [-0.2, 0) is 4.74 Å². The maximum absolute atomic E-state index is 9.89. The SMILES string of the molecule is OCCC1(CNCC(O)COC2CCCCC2)CC1. The highest BCUT2D eigenvalue weighted by Crippen LogP contribution is 2.47. The molecule has 4 nitrogen and oxygen atoms in total. The van der Waals surface area contributed by atoms with Crippen molar-refractivity contribution < 1.29 is 14.9 Å². The first-order valence-corrected chi connectivity index (χ1v) is 7.85. The standard InChI is InChI=1S/C15H29NO3/c17-9-8-15(6-7-15)12-16-10-13(18)11-19-14-4-2-1-3-5-14/h13-14,16-18H,1-12H2. The van der Waals surface area contributed by atoms with Crippen molar-refractivity contribution in [3.63, 3.8) is 0 Å². The molecule has 1 unspecified atom stereocenters. The van der Waals surface area contributed by atoms with Gasteiger partial charge in [0.2, 0.25) is 0 Å². The third-order valence-electron chi connectivity index (χ3n) is 4.56. The van der Waals surface area contributed by atoms with Gasteiger partial charge in [0.15, 0.2) is 0 Å². The lowest BCUT2D eigenvalue weighted by Gasteiger charge is -2.24. The minimum Gasteiger partial charge on any atom is -0.396 e. The quantitative estimate of drug-likeness (QED) is 0.594. The molecular weight excluding hydrogens is 242 g/mol. The summed E-state index contributed by atoms with van der Waals surface area (Å²) in [6, 6.07) is 0. The van der Waals surface area contributed by atoms with Crippen LogP contribution in [0.5, 0.6) is 0 Å². The highest BCUT2D eigenvalue weighted by molar-refractivity contribution is 4.94. The van der Waals surface area contributed by atoms with Gasteiger partial charge in [0.05, 0.1) is 18.8 Å². The Morgan fingerprint density at radius 1 is 1.21 bits per heavy atom. The van der Waals surface area contributed by atoms with E-state index >= 15 is 0 Å². The van der Waals surface area contributed by atoms with Crippen LogP contribution in [0.15, 0.2) is 0 Å². The molecule has 4 heteroatoms. The smallest absolute Gasteiger partial charge is 0.0897 e. The van der Waals surface area contributed by atoms with Crippen LogP contribution in [0.2, 0.25) is 0 Å². The van der Waals surface area contributed by atoms with Gasteiger partial charge in [0.1, 0.15) is 0 Å². The second-order valence-electron chi connectivity index (χ2n) is 6.35. The van der Waals surface area contributed by atoms with E-state index in [1.54, 1.807) is 0 Å². The summed E-state index contributed by atoms with van der Waals surface area (Å²) in [5.41, 5.74) is 0.318.